The summed E-state index contributed by atoms with van der Waals surface area (Å²) in [7, 11) is 4.58. The second-order valence-corrected chi connectivity index (χ2v) is 11.2. The van der Waals surface area contributed by atoms with E-state index in [4.69, 9.17) is 47.4 Å². The summed E-state index contributed by atoms with van der Waals surface area (Å²) in [5.74, 6) is 0.289. The highest BCUT2D eigenvalue weighted by atomic mass is 16.8. The van der Waals surface area contributed by atoms with E-state index in [0.717, 1.165) is 11.1 Å². The molecule has 13 heteroatoms. The van der Waals surface area contributed by atoms with E-state index in [0.29, 0.717) is 34.3 Å². The first-order valence-corrected chi connectivity index (χ1v) is 14.2. The Hall–Kier alpha value is -3.33. The number of hydrogen-bond donors (Lipinski definition) is 2. The number of carbonyl (C=O) groups is 1. The van der Waals surface area contributed by atoms with E-state index in [1.54, 1.807) is 6.92 Å². The van der Waals surface area contributed by atoms with Gasteiger partial charge in [-0.2, -0.15) is 0 Å². The minimum atomic E-state index is -1.42. The Kier molecular flexibility index (Phi) is 7.27. The average molecular weight is 603 g/mol. The number of hydrogen-bond acceptors (Lipinski definition) is 13. The quantitative estimate of drug-likeness (QED) is 0.462. The number of rotatable bonds is 6. The van der Waals surface area contributed by atoms with Crippen LogP contribution in [0.2, 0.25) is 0 Å². The van der Waals surface area contributed by atoms with Gasteiger partial charge in [0.2, 0.25) is 12.5 Å². The van der Waals surface area contributed by atoms with E-state index in [1.807, 2.05) is 24.3 Å². The summed E-state index contributed by atoms with van der Waals surface area (Å²) in [6.07, 6.45) is -6.70. The molecule has 4 heterocycles. The van der Waals surface area contributed by atoms with E-state index in [1.165, 1.54) is 21.3 Å². The fraction of sp³-hybridized carbons (Fsp3) is 0.567. The van der Waals surface area contributed by atoms with E-state index in [-0.39, 0.29) is 20.0 Å². The third-order valence-corrected chi connectivity index (χ3v) is 8.93. The van der Waals surface area contributed by atoms with Crippen molar-refractivity contribution in [1.82, 2.24) is 0 Å². The van der Waals surface area contributed by atoms with Gasteiger partial charge in [0.05, 0.1) is 46.6 Å². The lowest BCUT2D eigenvalue weighted by atomic mass is 9.66. The first kappa shape index (κ1) is 28.4. The summed E-state index contributed by atoms with van der Waals surface area (Å²) < 4.78 is 57.7. The average Bonchev–Trinajstić information content (AvgIpc) is 3.64. The molecule has 2 aromatic carbocycles. The molecule has 10 atom stereocenters. The molecule has 43 heavy (non-hydrogen) atoms. The summed E-state index contributed by atoms with van der Waals surface area (Å²) in [4.78, 5) is 13.5. The zero-order valence-corrected chi connectivity index (χ0v) is 24.1. The maximum absolute atomic E-state index is 13.5. The number of aliphatic hydroxyl groups is 2. The van der Waals surface area contributed by atoms with Gasteiger partial charge >= 0.3 is 5.97 Å². The Labute approximate surface area is 247 Å². The van der Waals surface area contributed by atoms with Crippen molar-refractivity contribution in [2.75, 3.05) is 41.3 Å². The number of aliphatic hydroxyl groups excluding tert-OH is 2. The van der Waals surface area contributed by atoms with Gasteiger partial charge in [-0.1, -0.05) is 0 Å². The number of ether oxygens (including phenoxy) is 10. The van der Waals surface area contributed by atoms with Crippen molar-refractivity contribution in [2.45, 2.75) is 55.9 Å². The molecule has 3 fully saturated rings. The third kappa shape index (κ3) is 4.57. The van der Waals surface area contributed by atoms with Gasteiger partial charge in [0.25, 0.3) is 0 Å². The molecule has 0 spiro atoms. The monoisotopic (exact) mass is 602 g/mol. The Morgan fingerprint density at radius 3 is 2.21 bits per heavy atom. The fourth-order valence-electron chi connectivity index (χ4n) is 6.92. The van der Waals surface area contributed by atoms with Gasteiger partial charge < -0.3 is 57.6 Å². The molecule has 0 aromatic heterocycles. The van der Waals surface area contributed by atoms with Crippen LogP contribution in [-0.4, -0.2) is 94.5 Å². The molecule has 7 rings (SSSR count). The first-order valence-electron chi connectivity index (χ1n) is 14.2. The molecular weight excluding hydrogens is 568 g/mol. The van der Waals surface area contributed by atoms with E-state index in [2.05, 4.69) is 0 Å². The largest absolute Gasteiger partial charge is 0.493 e. The summed E-state index contributed by atoms with van der Waals surface area (Å²) >= 11 is 0. The Bertz CT molecular complexity index is 1370. The highest BCUT2D eigenvalue weighted by Gasteiger charge is 2.56. The lowest BCUT2D eigenvalue weighted by Crippen LogP contribution is -2.63. The fourth-order valence-corrected chi connectivity index (χ4v) is 6.92. The molecular formula is C30H34O13. The highest BCUT2D eigenvalue weighted by Crippen LogP contribution is 2.57. The molecule has 2 N–H and O–H groups in total. The molecule has 1 aliphatic carbocycles. The van der Waals surface area contributed by atoms with Gasteiger partial charge in [0.1, 0.15) is 24.4 Å². The topological polar surface area (TPSA) is 150 Å². The molecule has 2 aromatic rings. The molecule has 3 saturated heterocycles. The Balaban J connectivity index is 1.32. The smallest absolute Gasteiger partial charge is 0.310 e. The van der Waals surface area contributed by atoms with Crippen molar-refractivity contribution in [1.29, 1.82) is 0 Å². The van der Waals surface area contributed by atoms with Crippen LogP contribution in [0.25, 0.3) is 0 Å². The number of methoxy groups -OCH3 is 3. The molecule has 4 aliphatic heterocycles. The summed E-state index contributed by atoms with van der Waals surface area (Å²) in [6, 6.07) is 7.31. The minimum Gasteiger partial charge on any atom is -0.493 e. The highest BCUT2D eigenvalue weighted by molar-refractivity contribution is 5.79. The van der Waals surface area contributed by atoms with Crippen molar-refractivity contribution in [3.05, 3.63) is 41.0 Å². The van der Waals surface area contributed by atoms with Gasteiger partial charge in [0.15, 0.2) is 35.6 Å². The van der Waals surface area contributed by atoms with Crippen LogP contribution in [0.3, 0.4) is 0 Å². The third-order valence-electron chi connectivity index (χ3n) is 8.93. The van der Waals surface area contributed by atoms with Crippen LogP contribution in [0.4, 0.5) is 0 Å². The second kappa shape index (κ2) is 11.0. The van der Waals surface area contributed by atoms with E-state index < -0.39 is 66.8 Å². The molecule has 0 radical (unpaired) electrons. The standard InChI is InChI=1S/C30H34O13/c1-12-37-10-21-28(41-12)24(31)25(32)30(42-21)43-26-15-8-18-17(39-11-40-18)7-14(15)22(23-16(26)9-38-29(23)33)13-5-19(34-2)27(36-4)20(6-13)35-3/h5-8,12,16,21-26,28,30-32H,9-11H2,1-4H3/t12-,16+,21-,22-,23+,24-,25-,26-,28-,30+/m1/s1. The Morgan fingerprint density at radius 1 is 0.837 bits per heavy atom. The summed E-state index contributed by atoms with van der Waals surface area (Å²) in [5.41, 5.74) is 2.19. The molecule has 0 bridgehead atoms. The normalized spacial score (nSPS) is 35.8. The molecule has 0 unspecified atom stereocenters. The van der Waals surface area contributed by atoms with Gasteiger partial charge in [-0.05, 0) is 47.9 Å². The van der Waals surface area contributed by atoms with Crippen LogP contribution in [0.1, 0.15) is 35.6 Å². The van der Waals surface area contributed by atoms with Crippen molar-refractivity contribution in [3.63, 3.8) is 0 Å². The predicted molar refractivity (Wildman–Crippen MR) is 143 cm³/mol. The zero-order chi connectivity index (χ0) is 30.0. The summed E-state index contributed by atoms with van der Waals surface area (Å²) in [6.45, 7) is 1.99. The van der Waals surface area contributed by atoms with Crippen molar-refractivity contribution >= 4 is 5.97 Å². The van der Waals surface area contributed by atoms with Gasteiger partial charge in [-0.15, -0.1) is 0 Å². The number of benzene rings is 2. The number of carbonyl (C=O) groups excluding carboxylic acids is 1. The van der Waals surface area contributed by atoms with Gasteiger partial charge in [-0.25, -0.2) is 0 Å². The minimum absolute atomic E-state index is 0.0473. The number of fused-ring (bicyclic) bond motifs is 4. The molecule has 232 valence electrons. The van der Waals surface area contributed by atoms with Gasteiger partial charge in [-0.3, -0.25) is 4.79 Å². The SMILES string of the molecule is COc1cc([C@@H]2c3cc4c(cc3[C@@H](O[C@@H]3O[C@@H]5CO[C@@H](C)O[C@H]5[C@H](O)[C@H]3O)[C@H]3COC(=O)[C@H]23)OCO4)cc(OC)c1OC. The molecule has 0 saturated carbocycles. The number of cyclic esters (lactones) is 1. The van der Waals surface area contributed by atoms with Crippen LogP contribution >= 0.6 is 0 Å². The molecule has 0 amide bonds. The lowest BCUT2D eigenvalue weighted by molar-refractivity contribution is -0.364. The Morgan fingerprint density at radius 2 is 1.53 bits per heavy atom. The zero-order valence-electron chi connectivity index (χ0n) is 24.1. The van der Waals surface area contributed by atoms with Gasteiger partial charge in [0, 0.05) is 11.8 Å². The maximum Gasteiger partial charge on any atom is 0.310 e. The first-order chi connectivity index (χ1) is 20.8. The van der Waals surface area contributed by atoms with E-state index in [9.17, 15) is 15.0 Å². The predicted octanol–water partition coefficient (Wildman–Crippen LogP) is 1.64. The summed E-state index contributed by atoms with van der Waals surface area (Å²) in [5, 5.41) is 22.0. The van der Waals surface area contributed by atoms with Crippen LogP contribution in [0.5, 0.6) is 28.7 Å². The second-order valence-electron chi connectivity index (χ2n) is 11.2. The van der Waals surface area contributed by atoms with Crippen molar-refractivity contribution in [2.24, 2.45) is 11.8 Å². The van der Waals surface area contributed by atoms with Crippen LogP contribution in [0.15, 0.2) is 24.3 Å². The van der Waals surface area contributed by atoms with Crippen LogP contribution in [0, 0.1) is 11.8 Å². The van der Waals surface area contributed by atoms with E-state index >= 15 is 0 Å². The lowest BCUT2D eigenvalue weighted by Gasteiger charge is -2.47. The van der Waals surface area contributed by atoms with Crippen molar-refractivity contribution < 1.29 is 62.4 Å². The van der Waals surface area contributed by atoms with Crippen LogP contribution in [-0.2, 0) is 28.5 Å². The molecule has 13 nitrogen and oxygen atoms in total. The maximum atomic E-state index is 13.5. The van der Waals surface area contributed by atoms with Crippen LogP contribution < -0.4 is 23.7 Å². The number of esters is 1. The molecule has 5 aliphatic rings. The van der Waals surface area contributed by atoms with Crippen molar-refractivity contribution in [3.8, 4) is 28.7 Å².